The molecular formula is C23H22N4O2S. The minimum atomic E-state index is -0.406. The summed E-state index contributed by atoms with van der Waals surface area (Å²) in [5, 5.41) is 0.948. The van der Waals surface area contributed by atoms with E-state index in [9.17, 15) is 9.59 Å². The minimum absolute atomic E-state index is 0.350. The Morgan fingerprint density at radius 1 is 0.900 bits per heavy atom. The summed E-state index contributed by atoms with van der Waals surface area (Å²) in [5.74, 6) is 1.17. The number of fused-ring (bicyclic) bond motifs is 1. The molecule has 0 radical (unpaired) electrons. The first-order valence-electron chi connectivity index (χ1n) is 9.59. The first kappa shape index (κ1) is 20.1. The van der Waals surface area contributed by atoms with Crippen molar-refractivity contribution in [3.8, 4) is 11.4 Å². The van der Waals surface area contributed by atoms with E-state index < -0.39 is 5.69 Å². The summed E-state index contributed by atoms with van der Waals surface area (Å²) >= 11 is 1.48. The zero-order valence-corrected chi connectivity index (χ0v) is 18.2. The lowest BCUT2D eigenvalue weighted by atomic mass is 10.1. The Morgan fingerprint density at radius 3 is 2.30 bits per heavy atom. The summed E-state index contributed by atoms with van der Waals surface area (Å²) in [6.07, 6.45) is 0. The van der Waals surface area contributed by atoms with Crippen LogP contribution in [0, 0.1) is 13.8 Å². The van der Waals surface area contributed by atoms with E-state index in [0.717, 1.165) is 21.3 Å². The smallest absolute Gasteiger partial charge is 0.280 e. The van der Waals surface area contributed by atoms with Gasteiger partial charge in [-0.25, -0.2) is 14.8 Å². The molecule has 0 unspecified atom stereocenters. The molecule has 0 aliphatic rings. The fourth-order valence-electron chi connectivity index (χ4n) is 3.31. The van der Waals surface area contributed by atoms with Crippen LogP contribution in [0.4, 0.5) is 0 Å². The van der Waals surface area contributed by atoms with Crippen molar-refractivity contribution in [1.82, 2.24) is 19.1 Å². The second-order valence-corrected chi connectivity index (χ2v) is 8.31. The fourth-order valence-corrected chi connectivity index (χ4v) is 4.28. The monoisotopic (exact) mass is 418 g/mol. The zero-order valence-electron chi connectivity index (χ0n) is 17.3. The first-order chi connectivity index (χ1) is 14.4. The van der Waals surface area contributed by atoms with Crippen molar-refractivity contribution in [2.75, 3.05) is 0 Å². The Bertz CT molecular complexity index is 1370. The maximum absolute atomic E-state index is 12.9. The summed E-state index contributed by atoms with van der Waals surface area (Å²) in [6.45, 7) is 4.04. The molecule has 2 aromatic carbocycles. The van der Waals surface area contributed by atoms with Crippen LogP contribution in [-0.2, 0) is 19.8 Å². The molecule has 0 spiro atoms. The second-order valence-electron chi connectivity index (χ2n) is 7.35. The predicted octanol–water partition coefficient (Wildman–Crippen LogP) is 3.60. The maximum atomic E-state index is 12.9. The van der Waals surface area contributed by atoms with Gasteiger partial charge in [-0.2, -0.15) is 0 Å². The standard InChI is InChI=1S/C23H22N4O2S/c1-14-9-11-16(12-10-14)13-30-21-18-20(26(3)23(29)27(4)22(18)28)24-19(25-21)17-8-6-5-7-15(17)2/h5-12H,13H2,1-4H3. The molecule has 0 aliphatic carbocycles. The Kier molecular flexibility index (Phi) is 5.30. The minimum Gasteiger partial charge on any atom is -0.280 e. The zero-order chi connectivity index (χ0) is 21.4. The van der Waals surface area contributed by atoms with Crippen LogP contribution in [0.15, 0.2) is 63.1 Å². The number of aromatic nitrogens is 4. The largest absolute Gasteiger partial charge is 0.332 e. The molecule has 0 atom stereocenters. The van der Waals surface area contributed by atoms with Crippen molar-refractivity contribution in [2.45, 2.75) is 24.6 Å². The third-order valence-corrected chi connectivity index (χ3v) is 6.20. The van der Waals surface area contributed by atoms with Crippen LogP contribution in [0.25, 0.3) is 22.4 Å². The molecular weight excluding hydrogens is 396 g/mol. The third-order valence-electron chi connectivity index (χ3n) is 5.15. The number of nitrogens with zero attached hydrogens (tertiary/aromatic N) is 4. The van der Waals surface area contributed by atoms with Gasteiger partial charge in [-0.05, 0) is 25.0 Å². The molecule has 2 heterocycles. The lowest BCUT2D eigenvalue weighted by Gasteiger charge is -2.13. The van der Waals surface area contributed by atoms with Gasteiger partial charge in [-0.15, -0.1) is 11.8 Å². The van der Waals surface area contributed by atoms with Gasteiger partial charge in [0.1, 0.15) is 10.4 Å². The average Bonchev–Trinajstić information content (AvgIpc) is 2.75. The topological polar surface area (TPSA) is 69.8 Å². The molecule has 7 heteroatoms. The highest BCUT2D eigenvalue weighted by Crippen LogP contribution is 2.29. The number of rotatable bonds is 4. The molecule has 6 nitrogen and oxygen atoms in total. The van der Waals surface area contributed by atoms with E-state index in [1.165, 1.54) is 28.9 Å². The summed E-state index contributed by atoms with van der Waals surface area (Å²) in [5.41, 5.74) is 3.80. The van der Waals surface area contributed by atoms with Gasteiger partial charge in [0.15, 0.2) is 11.5 Å². The lowest BCUT2D eigenvalue weighted by molar-refractivity contribution is 0.703. The highest BCUT2D eigenvalue weighted by Gasteiger charge is 2.18. The van der Waals surface area contributed by atoms with Crippen LogP contribution < -0.4 is 11.2 Å². The van der Waals surface area contributed by atoms with Crippen molar-refractivity contribution in [2.24, 2.45) is 14.1 Å². The van der Waals surface area contributed by atoms with E-state index >= 15 is 0 Å². The molecule has 0 amide bonds. The normalized spacial score (nSPS) is 11.2. The Morgan fingerprint density at radius 2 is 1.60 bits per heavy atom. The Balaban J connectivity index is 1.93. The van der Waals surface area contributed by atoms with Crippen molar-refractivity contribution < 1.29 is 0 Å². The SMILES string of the molecule is Cc1ccc(CSc2nc(-c3ccccc3C)nc3c2c(=O)n(C)c(=O)n3C)cc1. The van der Waals surface area contributed by atoms with Crippen molar-refractivity contribution >= 4 is 22.8 Å². The van der Waals surface area contributed by atoms with Gasteiger partial charge in [0, 0.05) is 25.4 Å². The van der Waals surface area contributed by atoms with Crippen molar-refractivity contribution in [1.29, 1.82) is 0 Å². The number of benzene rings is 2. The number of thioether (sulfide) groups is 1. The lowest BCUT2D eigenvalue weighted by Crippen LogP contribution is -2.37. The summed E-state index contributed by atoms with van der Waals surface area (Å²) in [7, 11) is 3.11. The summed E-state index contributed by atoms with van der Waals surface area (Å²) in [4.78, 5) is 34.8. The fraction of sp³-hybridized carbons (Fsp3) is 0.217. The van der Waals surface area contributed by atoms with E-state index in [-0.39, 0.29) is 5.56 Å². The molecule has 0 fully saturated rings. The maximum Gasteiger partial charge on any atom is 0.332 e. The molecule has 4 rings (SSSR count). The molecule has 0 bridgehead atoms. The number of hydrogen-bond acceptors (Lipinski definition) is 5. The Hall–Kier alpha value is -3.19. The van der Waals surface area contributed by atoms with Crippen LogP contribution in [0.3, 0.4) is 0 Å². The molecule has 0 saturated carbocycles. The van der Waals surface area contributed by atoms with Gasteiger partial charge >= 0.3 is 5.69 Å². The highest BCUT2D eigenvalue weighted by molar-refractivity contribution is 7.98. The average molecular weight is 419 g/mol. The molecule has 30 heavy (non-hydrogen) atoms. The molecule has 0 aliphatic heterocycles. The van der Waals surface area contributed by atoms with E-state index in [1.807, 2.05) is 38.1 Å². The summed E-state index contributed by atoms with van der Waals surface area (Å²) in [6, 6.07) is 16.1. The van der Waals surface area contributed by atoms with E-state index in [1.54, 1.807) is 7.05 Å². The van der Waals surface area contributed by atoms with E-state index in [4.69, 9.17) is 4.98 Å². The molecule has 4 aromatic rings. The van der Waals surface area contributed by atoms with Crippen LogP contribution >= 0.6 is 11.8 Å². The molecule has 2 aromatic heterocycles. The summed E-state index contributed by atoms with van der Waals surface area (Å²) < 4.78 is 2.52. The number of aryl methyl sites for hydroxylation is 3. The first-order valence-corrected chi connectivity index (χ1v) is 10.6. The van der Waals surface area contributed by atoms with Gasteiger partial charge in [-0.3, -0.25) is 13.9 Å². The third kappa shape index (κ3) is 3.57. The van der Waals surface area contributed by atoms with Crippen molar-refractivity contribution in [3.63, 3.8) is 0 Å². The van der Waals surface area contributed by atoms with Crippen LogP contribution in [0.1, 0.15) is 16.7 Å². The molecule has 152 valence electrons. The van der Waals surface area contributed by atoms with Gasteiger partial charge in [0.25, 0.3) is 5.56 Å². The van der Waals surface area contributed by atoms with Gasteiger partial charge in [0.05, 0.1) is 0 Å². The van der Waals surface area contributed by atoms with Crippen molar-refractivity contribution in [3.05, 3.63) is 86.1 Å². The van der Waals surface area contributed by atoms with E-state index in [0.29, 0.717) is 27.6 Å². The van der Waals surface area contributed by atoms with Gasteiger partial charge in [0.2, 0.25) is 0 Å². The number of hydrogen-bond donors (Lipinski definition) is 0. The van der Waals surface area contributed by atoms with Crippen LogP contribution in [0.2, 0.25) is 0 Å². The quantitative estimate of drug-likeness (QED) is 0.374. The van der Waals surface area contributed by atoms with Crippen LogP contribution in [0.5, 0.6) is 0 Å². The van der Waals surface area contributed by atoms with E-state index in [2.05, 4.69) is 29.2 Å². The van der Waals surface area contributed by atoms with Gasteiger partial charge in [-0.1, -0.05) is 54.1 Å². The Labute approximate surface area is 178 Å². The second kappa shape index (κ2) is 7.91. The van der Waals surface area contributed by atoms with Gasteiger partial charge < -0.3 is 0 Å². The van der Waals surface area contributed by atoms with Crippen LogP contribution in [-0.4, -0.2) is 19.1 Å². The molecule has 0 N–H and O–H groups in total. The highest BCUT2D eigenvalue weighted by atomic mass is 32.2. The molecule has 0 saturated heterocycles. The predicted molar refractivity (Wildman–Crippen MR) is 121 cm³/mol.